The molecule has 1 saturated heterocycles. The number of benzene rings is 5. The molecular formula is C32H27BO3. The Bertz CT molecular complexity index is 1800. The minimum absolute atomic E-state index is 0.410. The monoisotopic (exact) mass is 470 g/mol. The van der Waals surface area contributed by atoms with E-state index in [1.807, 2.05) is 0 Å². The van der Waals surface area contributed by atoms with Crippen LogP contribution in [0.1, 0.15) is 27.7 Å². The zero-order chi connectivity index (χ0) is 24.7. The van der Waals surface area contributed by atoms with Crippen molar-refractivity contribution in [2.75, 3.05) is 0 Å². The van der Waals surface area contributed by atoms with Gasteiger partial charge in [-0.3, -0.25) is 0 Å². The molecule has 0 unspecified atom stereocenters. The van der Waals surface area contributed by atoms with Gasteiger partial charge in [0.05, 0.1) is 11.2 Å². The third-order valence-corrected chi connectivity index (χ3v) is 8.09. The first-order valence-corrected chi connectivity index (χ1v) is 12.5. The van der Waals surface area contributed by atoms with E-state index in [9.17, 15) is 0 Å². The SMILES string of the molecule is CC1(C)OB(c2ccc3ccccc3c2-c2ccc3oc4cc5ccccc5cc4c3c2)OC1(C)C. The minimum Gasteiger partial charge on any atom is -0.456 e. The second kappa shape index (κ2) is 7.46. The summed E-state index contributed by atoms with van der Waals surface area (Å²) in [5.41, 5.74) is 4.29. The Morgan fingerprint density at radius 3 is 1.94 bits per heavy atom. The van der Waals surface area contributed by atoms with Crippen molar-refractivity contribution in [2.24, 2.45) is 0 Å². The molecule has 36 heavy (non-hydrogen) atoms. The summed E-state index contributed by atoms with van der Waals surface area (Å²) in [6.45, 7) is 8.40. The Hall–Kier alpha value is -3.60. The van der Waals surface area contributed by atoms with E-state index in [0.29, 0.717) is 0 Å². The predicted octanol–water partition coefficient (Wildman–Crippen LogP) is 7.86. The van der Waals surface area contributed by atoms with Gasteiger partial charge in [-0.2, -0.15) is 0 Å². The number of fused-ring (bicyclic) bond motifs is 5. The Kier molecular flexibility index (Phi) is 4.49. The molecule has 1 fully saturated rings. The molecule has 6 aromatic rings. The quantitative estimate of drug-likeness (QED) is 0.242. The van der Waals surface area contributed by atoms with Crippen LogP contribution >= 0.6 is 0 Å². The van der Waals surface area contributed by atoms with Gasteiger partial charge in [-0.1, -0.05) is 66.7 Å². The van der Waals surface area contributed by atoms with Crippen molar-refractivity contribution in [2.45, 2.75) is 38.9 Å². The molecule has 0 atom stereocenters. The van der Waals surface area contributed by atoms with Crippen LogP contribution in [-0.4, -0.2) is 18.3 Å². The maximum absolute atomic E-state index is 6.51. The van der Waals surface area contributed by atoms with Gasteiger partial charge in [0.15, 0.2) is 0 Å². The Labute approximate surface area is 210 Å². The molecule has 0 saturated carbocycles. The normalized spacial score (nSPS) is 17.1. The third-order valence-electron chi connectivity index (χ3n) is 8.09. The van der Waals surface area contributed by atoms with Crippen LogP contribution in [0.15, 0.2) is 95.4 Å². The van der Waals surface area contributed by atoms with Gasteiger partial charge >= 0.3 is 7.12 Å². The van der Waals surface area contributed by atoms with Crippen molar-refractivity contribution in [3.05, 3.63) is 91.0 Å². The van der Waals surface area contributed by atoms with Crippen LogP contribution in [0, 0.1) is 0 Å². The largest absolute Gasteiger partial charge is 0.495 e. The number of hydrogen-bond donors (Lipinski definition) is 0. The van der Waals surface area contributed by atoms with Crippen LogP contribution in [-0.2, 0) is 9.31 Å². The zero-order valence-electron chi connectivity index (χ0n) is 21.0. The molecule has 0 amide bonds. The molecule has 1 aromatic heterocycles. The molecule has 0 bridgehead atoms. The summed E-state index contributed by atoms with van der Waals surface area (Å²) in [5, 5.41) is 7.00. The maximum atomic E-state index is 6.51. The van der Waals surface area contributed by atoms with E-state index in [2.05, 4.69) is 119 Å². The lowest BCUT2D eigenvalue weighted by atomic mass is 9.73. The average Bonchev–Trinajstić information content (AvgIpc) is 3.33. The second-order valence-corrected chi connectivity index (χ2v) is 10.8. The fourth-order valence-corrected chi connectivity index (χ4v) is 5.39. The van der Waals surface area contributed by atoms with Crippen molar-refractivity contribution in [1.82, 2.24) is 0 Å². The summed E-state index contributed by atoms with van der Waals surface area (Å²) in [4.78, 5) is 0. The summed E-state index contributed by atoms with van der Waals surface area (Å²) in [6.07, 6.45) is 0. The highest BCUT2D eigenvalue weighted by Crippen LogP contribution is 2.40. The Morgan fingerprint density at radius 1 is 0.556 bits per heavy atom. The van der Waals surface area contributed by atoms with E-state index >= 15 is 0 Å². The van der Waals surface area contributed by atoms with Gasteiger partial charge < -0.3 is 13.7 Å². The lowest BCUT2D eigenvalue weighted by molar-refractivity contribution is 0.00578. The highest BCUT2D eigenvalue weighted by atomic mass is 16.7. The molecule has 2 heterocycles. The molecule has 0 spiro atoms. The fourth-order valence-electron chi connectivity index (χ4n) is 5.39. The smallest absolute Gasteiger partial charge is 0.456 e. The van der Waals surface area contributed by atoms with Crippen LogP contribution in [0.4, 0.5) is 0 Å². The van der Waals surface area contributed by atoms with Crippen LogP contribution in [0.3, 0.4) is 0 Å². The van der Waals surface area contributed by atoms with E-state index in [-0.39, 0.29) is 0 Å². The molecule has 5 aromatic carbocycles. The van der Waals surface area contributed by atoms with Gasteiger partial charge in [0.25, 0.3) is 0 Å². The Morgan fingerprint density at radius 2 is 1.19 bits per heavy atom. The highest BCUT2D eigenvalue weighted by Gasteiger charge is 2.52. The fraction of sp³-hybridized carbons (Fsp3) is 0.188. The van der Waals surface area contributed by atoms with Gasteiger partial charge in [-0.05, 0) is 90.1 Å². The van der Waals surface area contributed by atoms with Gasteiger partial charge in [0.2, 0.25) is 0 Å². The van der Waals surface area contributed by atoms with Crippen molar-refractivity contribution in [3.8, 4) is 11.1 Å². The van der Waals surface area contributed by atoms with Crippen LogP contribution in [0.25, 0.3) is 54.6 Å². The summed E-state index contributed by atoms with van der Waals surface area (Å²) in [7, 11) is -0.449. The predicted molar refractivity (Wildman–Crippen MR) is 150 cm³/mol. The van der Waals surface area contributed by atoms with Gasteiger partial charge in [-0.25, -0.2) is 0 Å². The van der Waals surface area contributed by atoms with Crippen molar-refractivity contribution in [1.29, 1.82) is 0 Å². The molecule has 3 nitrogen and oxygen atoms in total. The number of hydrogen-bond acceptors (Lipinski definition) is 3. The van der Waals surface area contributed by atoms with Crippen molar-refractivity contribution in [3.63, 3.8) is 0 Å². The molecule has 0 radical (unpaired) electrons. The molecule has 1 aliphatic heterocycles. The summed E-state index contributed by atoms with van der Waals surface area (Å²) in [5.74, 6) is 0. The van der Waals surface area contributed by atoms with Crippen LogP contribution in [0.5, 0.6) is 0 Å². The van der Waals surface area contributed by atoms with Crippen LogP contribution in [0.2, 0.25) is 0 Å². The molecule has 7 rings (SSSR count). The molecule has 1 aliphatic rings. The van der Waals surface area contributed by atoms with E-state index in [0.717, 1.165) is 38.5 Å². The number of furan rings is 1. The van der Waals surface area contributed by atoms with Crippen LogP contribution < -0.4 is 5.46 Å². The average molecular weight is 470 g/mol. The lowest BCUT2D eigenvalue weighted by Crippen LogP contribution is -2.41. The van der Waals surface area contributed by atoms with E-state index < -0.39 is 18.3 Å². The molecule has 0 N–H and O–H groups in total. The first-order valence-electron chi connectivity index (χ1n) is 12.5. The maximum Gasteiger partial charge on any atom is 0.495 e. The summed E-state index contributed by atoms with van der Waals surface area (Å²) in [6, 6.07) is 32.1. The minimum atomic E-state index is -0.449. The first kappa shape index (κ1) is 21.7. The van der Waals surface area contributed by atoms with Gasteiger partial charge in [-0.15, -0.1) is 0 Å². The molecular weight excluding hydrogens is 443 g/mol. The third kappa shape index (κ3) is 3.15. The van der Waals surface area contributed by atoms with Crippen molar-refractivity contribution >= 4 is 56.1 Å². The second-order valence-electron chi connectivity index (χ2n) is 10.8. The summed E-state index contributed by atoms with van der Waals surface area (Å²) < 4.78 is 19.3. The topological polar surface area (TPSA) is 31.6 Å². The van der Waals surface area contributed by atoms with E-state index in [1.54, 1.807) is 0 Å². The number of rotatable bonds is 2. The standard InChI is InChI=1S/C32H27BO3/c1-31(2)32(3,4)36-33(35-31)27-15-13-20-9-7-8-12-24(20)30(27)23-14-16-28-25(18-23)26-17-21-10-5-6-11-22(21)19-29(26)34-28/h5-19H,1-4H3. The molecule has 176 valence electrons. The summed E-state index contributed by atoms with van der Waals surface area (Å²) >= 11 is 0. The van der Waals surface area contributed by atoms with Crippen molar-refractivity contribution < 1.29 is 13.7 Å². The zero-order valence-corrected chi connectivity index (χ0v) is 21.0. The highest BCUT2D eigenvalue weighted by molar-refractivity contribution is 6.64. The van der Waals surface area contributed by atoms with E-state index in [4.69, 9.17) is 13.7 Å². The van der Waals surface area contributed by atoms with E-state index in [1.165, 1.54) is 21.5 Å². The molecule has 4 heteroatoms. The van der Waals surface area contributed by atoms with Gasteiger partial charge in [0.1, 0.15) is 11.2 Å². The Balaban J connectivity index is 1.48. The molecule has 0 aliphatic carbocycles. The lowest BCUT2D eigenvalue weighted by Gasteiger charge is -2.32. The van der Waals surface area contributed by atoms with Gasteiger partial charge in [0, 0.05) is 10.8 Å². The first-order chi connectivity index (χ1) is 17.3.